The van der Waals surface area contributed by atoms with Gasteiger partial charge in [-0.25, -0.2) is 0 Å². The molecule has 4 nitrogen and oxygen atoms in total. The van der Waals surface area contributed by atoms with Crippen molar-refractivity contribution in [1.29, 1.82) is 0 Å². The van der Waals surface area contributed by atoms with Gasteiger partial charge in [0.25, 0.3) is 0 Å². The van der Waals surface area contributed by atoms with Crippen molar-refractivity contribution in [2.45, 2.75) is 59.8 Å². The molecule has 2 aliphatic rings. The van der Waals surface area contributed by atoms with E-state index in [-0.39, 0.29) is 18.3 Å². The van der Waals surface area contributed by atoms with Gasteiger partial charge in [0.15, 0.2) is 0 Å². The first-order chi connectivity index (χ1) is 16.5. The SMILES string of the molecule is C.CC1=Nc2ccc3ccc(O)cc3c2C1(C)C.COc1ccc2ccc3c(c2c1)C(C)(C)C(C)=N3. The van der Waals surface area contributed by atoms with Gasteiger partial charge in [-0.15, -0.1) is 0 Å². The van der Waals surface area contributed by atoms with Crippen LogP contribution in [0.5, 0.6) is 11.5 Å². The molecule has 4 aromatic carbocycles. The van der Waals surface area contributed by atoms with Crippen LogP contribution in [-0.4, -0.2) is 23.6 Å². The summed E-state index contributed by atoms with van der Waals surface area (Å²) in [6.45, 7) is 13.0. The summed E-state index contributed by atoms with van der Waals surface area (Å²) in [6.07, 6.45) is 0. The summed E-state index contributed by atoms with van der Waals surface area (Å²) in [5.41, 5.74) is 6.92. The Balaban J connectivity index is 0.000000165. The highest BCUT2D eigenvalue weighted by atomic mass is 16.5. The highest BCUT2D eigenvalue weighted by Crippen LogP contribution is 2.45. The lowest BCUT2D eigenvalue weighted by molar-refractivity contribution is 0.415. The number of nitrogens with zero attached hydrogens (tertiary/aromatic N) is 2. The van der Waals surface area contributed by atoms with Crippen LogP contribution in [-0.2, 0) is 10.8 Å². The normalized spacial score (nSPS) is 16.3. The Morgan fingerprint density at radius 2 is 1.11 bits per heavy atom. The van der Waals surface area contributed by atoms with Crippen LogP contribution in [0.25, 0.3) is 21.5 Å². The van der Waals surface area contributed by atoms with E-state index in [1.165, 1.54) is 27.6 Å². The molecule has 4 heteroatoms. The van der Waals surface area contributed by atoms with Crippen LogP contribution in [0, 0.1) is 0 Å². The summed E-state index contributed by atoms with van der Waals surface area (Å²) in [4.78, 5) is 9.31. The molecule has 0 aliphatic carbocycles. The summed E-state index contributed by atoms with van der Waals surface area (Å²) in [5.74, 6) is 1.21. The van der Waals surface area contributed by atoms with Crippen LogP contribution in [0.15, 0.2) is 70.6 Å². The van der Waals surface area contributed by atoms with Crippen molar-refractivity contribution in [3.05, 3.63) is 71.8 Å². The number of hydrogen-bond acceptors (Lipinski definition) is 4. The fraction of sp³-hybridized carbons (Fsp3) is 0.312. The van der Waals surface area contributed by atoms with Gasteiger partial charge in [0.05, 0.1) is 18.5 Å². The lowest BCUT2D eigenvalue weighted by atomic mass is 9.80. The van der Waals surface area contributed by atoms with E-state index in [0.29, 0.717) is 5.75 Å². The first-order valence-electron chi connectivity index (χ1n) is 12.0. The van der Waals surface area contributed by atoms with Gasteiger partial charge in [0, 0.05) is 22.3 Å². The van der Waals surface area contributed by atoms with Gasteiger partial charge >= 0.3 is 0 Å². The zero-order valence-corrected chi connectivity index (χ0v) is 21.5. The number of hydrogen-bond donors (Lipinski definition) is 1. The van der Waals surface area contributed by atoms with Crippen LogP contribution in [0.1, 0.15) is 60.1 Å². The Bertz CT molecular complexity index is 1560. The van der Waals surface area contributed by atoms with Gasteiger partial charge in [-0.1, -0.05) is 59.4 Å². The average Bonchev–Trinajstić information content (AvgIpc) is 3.21. The van der Waals surface area contributed by atoms with E-state index in [4.69, 9.17) is 4.74 Å². The number of phenolic OH excluding ortho intramolecular Hbond substituents is 1. The highest BCUT2D eigenvalue weighted by molar-refractivity contribution is 6.07. The second-order valence-corrected chi connectivity index (χ2v) is 10.6. The quantitative estimate of drug-likeness (QED) is 0.296. The standard InChI is InChI=1S/C16H17NO.C15H15NO.CH4/c1-10-16(2,3)15-13-9-12(18-4)7-5-11(13)6-8-14(15)17-10;1-9-15(2,3)14-12-8-11(17)6-4-10(12)5-7-13(14)16-9;/h5-9H,1-4H3;4-8,17H,1-3H3;1H4. The number of ether oxygens (including phenoxy) is 1. The lowest BCUT2D eigenvalue weighted by Gasteiger charge is -2.22. The smallest absolute Gasteiger partial charge is 0.119 e. The topological polar surface area (TPSA) is 54.2 Å². The van der Waals surface area contributed by atoms with Gasteiger partial charge in [-0.2, -0.15) is 0 Å². The molecule has 2 heterocycles. The van der Waals surface area contributed by atoms with E-state index in [0.717, 1.165) is 33.6 Å². The number of fused-ring (bicyclic) bond motifs is 6. The molecule has 0 saturated carbocycles. The predicted octanol–water partition coefficient (Wildman–Crippen LogP) is 8.80. The molecule has 1 N–H and O–H groups in total. The van der Waals surface area contributed by atoms with Crippen LogP contribution in [0.4, 0.5) is 11.4 Å². The predicted molar refractivity (Wildman–Crippen MR) is 154 cm³/mol. The molecular weight excluding hydrogens is 444 g/mol. The summed E-state index contributed by atoms with van der Waals surface area (Å²) < 4.78 is 5.34. The average molecular weight is 481 g/mol. The van der Waals surface area contributed by atoms with Crippen molar-refractivity contribution in [3.8, 4) is 11.5 Å². The van der Waals surface area contributed by atoms with Crippen LogP contribution in [0.3, 0.4) is 0 Å². The summed E-state index contributed by atoms with van der Waals surface area (Å²) in [7, 11) is 1.71. The molecule has 0 unspecified atom stereocenters. The van der Waals surface area contributed by atoms with Crippen molar-refractivity contribution in [2.75, 3.05) is 7.11 Å². The van der Waals surface area contributed by atoms with Crippen LogP contribution in [0.2, 0.25) is 0 Å². The van der Waals surface area contributed by atoms with E-state index < -0.39 is 0 Å². The van der Waals surface area contributed by atoms with Crippen LogP contribution >= 0.6 is 0 Å². The number of benzene rings is 4. The third kappa shape index (κ3) is 3.85. The lowest BCUT2D eigenvalue weighted by Crippen LogP contribution is -2.22. The Morgan fingerprint density at radius 3 is 1.61 bits per heavy atom. The maximum atomic E-state index is 9.66. The van der Waals surface area contributed by atoms with Crippen molar-refractivity contribution < 1.29 is 9.84 Å². The van der Waals surface area contributed by atoms with Crippen molar-refractivity contribution in [1.82, 2.24) is 0 Å². The number of aromatic hydroxyl groups is 1. The summed E-state index contributed by atoms with van der Waals surface area (Å²) in [6, 6.07) is 20.1. The Morgan fingerprint density at radius 1 is 0.667 bits per heavy atom. The number of methoxy groups -OCH3 is 1. The number of aliphatic imine (C=N–C) groups is 2. The zero-order valence-electron chi connectivity index (χ0n) is 21.5. The Hall–Kier alpha value is -3.66. The third-order valence-corrected chi connectivity index (χ3v) is 7.83. The fourth-order valence-corrected chi connectivity index (χ4v) is 5.21. The molecule has 0 atom stereocenters. The van der Waals surface area contributed by atoms with Crippen molar-refractivity contribution >= 4 is 44.3 Å². The second-order valence-electron chi connectivity index (χ2n) is 10.6. The first-order valence-corrected chi connectivity index (χ1v) is 12.0. The molecule has 6 rings (SSSR count). The maximum absolute atomic E-state index is 9.66. The minimum absolute atomic E-state index is 0. The molecule has 0 amide bonds. The molecular formula is C32H36N2O2. The van der Waals surface area contributed by atoms with Gasteiger partial charge in [-0.3, -0.25) is 9.98 Å². The molecule has 0 radical (unpaired) electrons. The van der Waals surface area contributed by atoms with Crippen LogP contribution < -0.4 is 4.74 Å². The molecule has 4 aromatic rings. The molecule has 2 aliphatic heterocycles. The van der Waals surface area contributed by atoms with Gasteiger partial charge in [-0.05, 0) is 82.9 Å². The van der Waals surface area contributed by atoms with E-state index in [1.54, 1.807) is 13.2 Å². The molecule has 186 valence electrons. The first kappa shape index (κ1) is 25.4. The molecule has 0 fully saturated rings. The molecule has 0 saturated heterocycles. The largest absolute Gasteiger partial charge is 0.508 e. The molecule has 0 bridgehead atoms. The third-order valence-electron chi connectivity index (χ3n) is 7.83. The molecule has 0 spiro atoms. The second kappa shape index (κ2) is 8.77. The Kier molecular flexibility index (Phi) is 6.20. The molecule has 0 aromatic heterocycles. The monoisotopic (exact) mass is 480 g/mol. The van der Waals surface area contributed by atoms with Gasteiger partial charge in [0.1, 0.15) is 11.5 Å². The zero-order chi connectivity index (χ0) is 25.1. The van der Waals surface area contributed by atoms with E-state index in [9.17, 15) is 5.11 Å². The number of rotatable bonds is 1. The molecule has 36 heavy (non-hydrogen) atoms. The van der Waals surface area contributed by atoms with Gasteiger partial charge in [0.2, 0.25) is 0 Å². The summed E-state index contributed by atoms with van der Waals surface area (Å²) >= 11 is 0. The highest BCUT2D eigenvalue weighted by Gasteiger charge is 2.34. The van der Waals surface area contributed by atoms with E-state index in [1.807, 2.05) is 18.2 Å². The van der Waals surface area contributed by atoms with E-state index in [2.05, 4.69) is 87.9 Å². The van der Waals surface area contributed by atoms with Crippen molar-refractivity contribution in [2.24, 2.45) is 9.98 Å². The number of phenols is 1. The van der Waals surface area contributed by atoms with Crippen molar-refractivity contribution in [3.63, 3.8) is 0 Å². The Labute approximate surface area is 214 Å². The minimum atomic E-state index is -0.0529. The van der Waals surface area contributed by atoms with Gasteiger partial charge < -0.3 is 9.84 Å². The maximum Gasteiger partial charge on any atom is 0.119 e. The minimum Gasteiger partial charge on any atom is -0.508 e. The fourth-order valence-electron chi connectivity index (χ4n) is 5.21. The summed E-state index contributed by atoms with van der Waals surface area (Å²) in [5, 5.41) is 14.4. The van der Waals surface area contributed by atoms with E-state index >= 15 is 0 Å².